The van der Waals surface area contributed by atoms with Gasteiger partial charge in [0.25, 0.3) is 5.91 Å². The molecule has 4 rings (SSSR count). The van der Waals surface area contributed by atoms with E-state index in [1.165, 1.54) is 6.07 Å². The highest BCUT2D eigenvalue weighted by Gasteiger charge is 2.40. The molecule has 1 amide bonds. The zero-order valence-corrected chi connectivity index (χ0v) is 18.1. The Morgan fingerprint density at radius 3 is 2.93 bits per heavy atom. The van der Waals surface area contributed by atoms with E-state index < -0.39 is 0 Å². The molecule has 5 nitrogen and oxygen atoms in total. The number of aromatic hydroxyl groups is 1. The van der Waals surface area contributed by atoms with Crippen LogP contribution in [0.3, 0.4) is 0 Å². The van der Waals surface area contributed by atoms with Gasteiger partial charge in [-0.25, -0.2) is 0 Å². The summed E-state index contributed by atoms with van der Waals surface area (Å²) in [6.45, 7) is 1.13. The summed E-state index contributed by atoms with van der Waals surface area (Å²) in [5, 5.41) is 17.8. The van der Waals surface area contributed by atoms with Crippen LogP contribution >= 0.6 is 23.2 Å². The third-order valence-electron chi connectivity index (χ3n) is 5.84. The summed E-state index contributed by atoms with van der Waals surface area (Å²) in [5.41, 5.74) is 3.10. The number of carbonyl (C=O) groups is 1. The summed E-state index contributed by atoms with van der Waals surface area (Å²) in [6, 6.07) is 8.84. The molecule has 0 fully saturated rings. The number of carbonyl (C=O) groups excluding carboxylic acids is 1. The normalized spacial score (nSPS) is 21.6. The Hall–Kier alpha value is -2.21. The van der Waals surface area contributed by atoms with Crippen LogP contribution in [-0.4, -0.2) is 31.3 Å². The van der Waals surface area contributed by atoms with Gasteiger partial charge in [-0.05, 0) is 42.5 Å². The van der Waals surface area contributed by atoms with E-state index in [0.29, 0.717) is 29.3 Å². The molecule has 2 aliphatic rings. The van der Waals surface area contributed by atoms with Crippen LogP contribution in [-0.2, 0) is 4.74 Å². The molecule has 1 aliphatic carbocycles. The van der Waals surface area contributed by atoms with Gasteiger partial charge in [0.05, 0.1) is 22.3 Å². The van der Waals surface area contributed by atoms with E-state index in [0.717, 1.165) is 24.1 Å². The van der Waals surface area contributed by atoms with Crippen molar-refractivity contribution in [2.24, 2.45) is 5.92 Å². The third kappa shape index (κ3) is 3.89. The highest BCUT2D eigenvalue weighted by molar-refractivity contribution is 6.35. The number of benzene rings is 2. The van der Waals surface area contributed by atoms with E-state index in [1.807, 2.05) is 12.1 Å². The van der Waals surface area contributed by atoms with Gasteiger partial charge in [-0.15, -0.1) is 0 Å². The van der Waals surface area contributed by atoms with Crippen LogP contribution in [0.2, 0.25) is 10.0 Å². The first-order chi connectivity index (χ1) is 14.5. The molecule has 3 N–H and O–H groups in total. The van der Waals surface area contributed by atoms with Crippen molar-refractivity contribution in [2.75, 3.05) is 25.6 Å². The van der Waals surface area contributed by atoms with Crippen LogP contribution in [0.1, 0.15) is 46.3 Å². The first-order valence-corrected chi connectivity index (χ1v) is 10.8. The van der Waals surface area contributed by atoms with E-state index in [9.17, 15) is 9.90 Å². The number of hydrogen-bond donors (Lipinski definition) is 3. The number of nitrogens with one attached hydrogen (secondary N) is 2. The second-order valence-electron chi connectivity index (χ2n) is 7.67. The summed E-state index contributed by atoms with van der Waals surface area (Å²) < 4.78 is 5.04. The van der Waals surface area contributed by atoms with Gasteiger partial charge in [0.2, 0.25) is 0 Å². The molecule has 0 saturated carbocycles. The molecule has 7 heteroatoms. The molecular weight excluding hydrogens is 423 g/mol. The molecule has 3 unspecified atom stereocenters. The van der Waals surface area contributed by atoms with Crippen LogP contribution in [0.4, 0.5) is 5.69 Å². The van der Waals surface area contributed by atoms with Gasteiger partial charge < -0.3 is 20.5 Å². The fourth-order valence-corrected chi connectivity index (χ4v) is 4.96. The number of rotatable bonds is 6. The minimum absolute atomic E-state index is 0.0224. The zero-order chi connectivity index (χ0) is 21.3. The van der Waals surface area contributed by atoms with Gasteiger partial charge in [-0.1, -0.05) is 47.5 Å². The predicted molar refractivity (Wildman–Crippen MR) is 120 cm³/mol. The Morgan fingerprint density at radius 2 is 2.13 bits per heavy atom. The molecule has 3 atom stereocenters. The number of halogens is 2. The summed E-state index contributed by atoms with van der Waals surface area (Å²) >= 11 is 12.4. The standard InChI is InChI=1S/C23H24Cl2N2O3/c1-30-10-4-9-26-23(29)17-8-3-7-15-14-5-2-6-16(14)21(27-20(15)17)18-11-13(24)12-19(25)22(18)28/h2-3,5,7-8,11-12,14,16,21,27-28H,4,6,9-10H2,1H3,(H,26,29). The molecule has 158 valence electrons. The van der Waals surface area contributed by atoms with E-state index in [-0.39, 0.29) is 34.6 Å². The van der Waals surface area contributed by atoms with Crippen LogP contribution in [0.25, 0.3) is 0 Å². The molecule has 0 radical (unpaired) electrons. The highest BCUT2D eigenvalue weighted by atomic mass is 35.5. The molecule has 1 aliphatic heterocycles. The minimum Gasteiger partial charge on any atom is -0.506 e. The first kappa shape index (κ1) is 21.0. The van der Waals surface area contributed by atoms with E-state index in [4.69, 9.17) is 27.9 Å². The summed E-state index contributed by atoms with van der Waals surface area (Å²) in [7, 11) is 1.64. The van der Waals surface area contributed by atoms with Crippen molar-refractivity contribution in [3.05, 3.63) is 69.2 Å². The number of hydrogen-bond acceptors (Lipinski definition) is 4. The van der Waals surface area contributed by atoms with E-state index in [1.54, 1.807) is 13.2 Å². The van der Waals surface area contributed by atoms with Gasteiger partial charge in [-0.3, -0.25) is 4.79 Å². The maximum atomic E-state index is 12.9. The average molecular weight is 447 g/mol. The number of phenolic OH excluding ortho intramolecular Hbond substituents is 1. The van der Waals surface area contributed by atoms with E-state index in [2.05, 4.69) is 28.9 Å². The van der Waals surface area contributed by atoms with Gasteiger partial charge >= 0.3 is 0 Å². The predicted octanol–water partition coefficient (Wildman–Crippen LogP) is 5.29. The largest absolute Gasteiger partial charge is 0.506 e. The Bertz CT molecular complexity index is 993. The van der Waals surface area contributed by atoms with Crippen molar-refractivity contribution in [1.29, 1.82) is 0 Å². The molecular formula is C23H24Cl2N2O3. The smallest absolute Gasteiger partial charge is 0.253 e. The minimum atomic E-state index is -0.226. The Kier molecular flexibility index (Phi) is 6.23. The van der Waals surface area contributed by atoms with Crippen molar-refractivity contribution >= 4 is 34.8 Å². The number of ether oxygens (including phenoxy) is 1. The Morgan fingerprint density at radius 1 is 1.30 bits per heavy atom. The summed E-state index contributed by atoms with van der Waals surface area (Å²) in [4.78, 5) is 12.9. The SMILES string of the molecule is COCCCNC(=O)c1cccc2c1NC(c1cc(Cl)cc(Cl)c1O)C1CC=CC21. The van der Waals surface area contributed by atoms with Gasteiger partial charge in [-0.2, -0.15) is 0 Å². The highest BCUT2D eigenvalue weighted by Crippen LogP contribution is 2.52. The van der Waals surface area contributed by atoms with Crippen LogP contribution < -0.4 is 10.6 Å². The average Bonchev–Trinajstić information content (AvgIpc) is 3.23. The van der Waals surface area contributed by atoms with Crippen LogP contribution in [0.15, 0.2) is 42.5 Å². The lowest BCUT2D eigenvalue weighted by Crippen LogP contribution is -2.32. The van der Waals surface area contributed by atoms with Crippen molar-refractivity contribution in [2.45, 2.75) is 24.8 Å². The maximum Gasteiger partial charge on any atom is 0.253 e. The zero-order valence-electron chi connectivity index (χ0n) is 16.6. The second-order valence-corrected chi connectivity index (χ2v) is 8.52. The molecule has 0 bridgehead atoms. The van der Waals surface area contributed by atoms with Crippen molar-refractivity contribution < 1.29 is 14.6 Å². The van der Waals surface area contributed by atoms with Gasteiger partial charge in [0.1, 0.15) is 5.75 Å². The number of phenols is 1. The number of fused-ring (bicyclic) bond motifs is 3. The summed E-state index contributed by atoms with van der Waals surface area (Å²) in [6.07, 6.45) is 5.94. The number of para-hydroxylation sites is 1. The molecule has 1 heterocycles. The molecule has 2 aromatic carbocycles. The first-order valence-electron chi connectivity index (χ1n) is 10.0. The van der Waals surface area contributed by atoms with Crippen molar-refractivity contribution in [1.82, 2.24) is 5.32 Å². The molecule has 2 aromatic rings. The topological polar surface area (TPSA) is 70.6 Å². The van der Waals surface area contributed by atoms with Crippen LogP contribution in [0.5, 0.6) is 5.75 Å². The Balaban J connectivity index is 1.71. The number of methoxy groups -OCH3 is 1. The van der Waals surface area contributed by atoms with E-state index >= 15 is 0 Å². The molecule has 30 heavy (non-hydrogen) atoms. The number of anilines is 1. The summed E-state index contributed by atoms with van der Waals surface area (Å²) in [5.74, 6) is 0.222. The third-order valence-corrected chi connectivity index (χ3v) is 6.35. The quantitative estimate of drug-likeness (QED) is 0.416. The van der Waals surface area contributed by atoms with Crippen molar-refractivity contribution in [3.8, 4) is 5.75 Å². The van der Waals surface area contributed by atoms with Gasteiger partial charge in [0.15, 0.2) is 0 Å². The fourth-order valence-electron chi connectivity index (χ4n) is 4.46. The molecule has 0 spiro atoms. The maximum absolute atomic E-state index is 12.9. The lowest BCUT2D eigenvalue weighted by molar-refractivity contribution is 0.0949. The lowest BCUT2D eigenvalue weighted by atomic mass is 9.76. The Labute approximate surface area is 186 Å². The second kappa shape index (κ2) is 8.88. The number of amides is 1. The monoisotopic (exact) mass is 446 g/mol. The number of allylic oxidation sites excluding steroid dienone is 2. The van der Waals surface area contributed by atoms with Gasteiger partial charge in [0, 0.05) is 36.8 Å². The molecule has 0 saturated heterocycles. The van der Waals surface area contributed by atoms with Crippen molar-refractivity contribution in [3.63, 3.8) is 0 Å². The lowest BCUT2D eigenvalue weighted by Gasteiger charge is -2.38. The fraction of sp³-hybridized carbons (Fsp3) is 0.348. The molecule has 0 aromatic heterocycles. The van der Waals surface area contributed by atoms with Crippen LogP contribution in [0, 0.1) is 5.92 Å².